The number of amides is 2. The van der Waals surface area contributed by atoms with E-state index in [4.69, 9.17) is 0 Å². The number of piperidine rings is 1. The fourth-order valence-corrected chi connectivity index (χ4v) is 5.08. The molecule has 2 aliphatic rings. The molecule has 0 bridgehead atoms. The van der Waals surface area contributed by atoms with Gasteiger partial charge in [0.2, 0.25) is 11.8 Å². The molecule has 2 heterocycles. The predicted octanol–water partition coefficient (Wildman–Crippen LogP) is 4.13. The van der Waals surface area contributed by atoms with Gasteiger partial charge in [0.15, 0.2) is 0 Å². The number of nitrogens with zero attached hydrogens (tertiary/aromatic N) is 2. The lowest BCUT2D eigenvalue weighted by Crippen LogP contribution is -2.68. The zero-order valence-corrected chi connectivity index (χ0v) is 18.7. The van der Waals surface area contributed by atoms with E-state index < -0.39 is 5.54 Å². The van der Waals surface area contributed by atoms with Crippen molar-refractivity contribution in [2.75, 3.05) is 25.5 Å². The Balaban J connectivity index is 1.69. The van der Waals surface area contributed by atoms with E-state index in [-0.39, 0.29) is 23.7 Å². The van der Waals surface area contributed by atoms with Crippen LogP contribution >= 0.6 is 0 Å². The van der Waals surface area contributed by atoms with E-state index in [0.29, 0.717) is 19.3 Å². The van der Waals surface area contributed by atoms with Crippen LogP contribution < -0.4 is 5.32 Å². The van der Waals surface area contributed by atoms with Crippen molar-refractivity contribution in [1.29, 1.82) is 0 Å². The van der Waals surface area contributed by atoms with Crippen LogP contribution in [0.2, 0.25) is 0 Å². The van der Waals surface area contributed by atoms with E-state index in [1.54, 1.807) is 17.0 Å². The molecule has 164 valence electrons. The van der Waals surface area contributed by atoms with Crippen molar-refractivity contribution in [2.45, 2.75) is 51.6 Å². The highest BCUT2D eigenvalue weighted by Crippen LogP contribution is 2.45. The molecule has 0 aliphatic carbocycles. The summed E-state index contributed by atoms with van der Waals surface area (Å²) >= 11 is 0. The Bertz CT molecular complexity index is 987. The van der Waals surface area contributed by atoms with Crippen molar-refractivity contribution in [2.24, 2.45) is 0 Å². The van der Waals surface area contributed by atoms with Crippen molar-refractivity contribution >= 4 is 17.5 Å². The Morgan fingerprint density at radius 3 is 2.19 bits per heavy atom. The monoisotopic (exact) mass is 423 g/mol. The fourth-order valence-electron chi connectivity index (χ4n) is 5.08. The number of hydrogen-bond acceptors (Lipinski definition) is 3. The minimum Gasteiger partial charge on any atom is -0.324 e. The van der Waals surface area contributed by atoms with Gasteiger partial charge >= 0.3 is 0 Å². The zero-order valence-electron chi connectivity index (χ0n) is 18.7. The molecule has 31 heavy (non-hydrogen) atoms. The van der Waals surface area contributed by atoms with Crippen molar-refractivity contribution in [3.8, 4) is 0 Å². The van der Waals surface area contributed by atoms with Gasteiger partial charge in [0.05, 0.1) is 12.5 Å². The van der Waals surface area contributed by atoms with Gasteiger partial charge in [0.1, 0.15) is 11.4 Å². The highest BCUT2D eigenvalue weighted by atomic mass is 19.1. The molecule has 0 spiro atoms. The van der Waals surface area contributed by atoms with Gasteiger partial charge in [-0.2, -0.15) is 0 Å². The molecule has 2 aromatic carbocycles. The third kappa shape index (κ3) is 3.85. The van der Waals surface area contributed by atoms with Crippen LogP contribution in [0.1, 0.15) is 47.6 Å². The van der Waals surface area contributed by atoms with Crippen LogP contribution in [0.3, 0.4) is 0 Å². The lowest BCUT2D eigenvalue weighted by atomic mass is 9.78. The Labute approximate surface area is 183 Å². The summed E-state index contributed by atoms with van der Waals surface area (Å²) in [6, 6.07) is 10.2. The molecular weight excluding hydrogens is 393 g/mol. The average Bonchev–Trinajstić information content (AvgIpc) is 2.71. The fraction of sp³-hybridized carbons (Fsp3) is 0.440. The van der Waals surface area contributed by atoms with E-state index in [0.717, 1.165) is 41.0 Å². The maximum Gasteiger partial charge on any atom is 0.250 e. The van der Waals surface area contributed by atoms with Gasteiger partial charge < -0.3 is 15.1 Å². The van der Waals surface area contributed by atoms with Crippen LogP contribution in [0.4, 0.5) is 10.1 Å². The van der Waals surface area contributed by atoms with E-state index in [2.05, 4.69) is 22.3 Å². The first-order valence-corrected chi connectivity index (χ1v) is 10.9. The van der Waals surface area contributed by atoms with Crippen LogP contribution in [0.5, 0.6) is 0 Å². The molecule has 1 N–H and O–H groups in total. The second kappa shape index (κ2) is 8.08. The first-order valence-electron chi connectivity index (χ1n) is 10.9. The second-order valence-electron chi connectivity index (χ2n) is 9.10. The Hall–Kier alpha value is -2.73. The van der Waals surface area contributed by atoms with E-state index >= 15 is 0 Å². The summed E-state index contributed by atoms with van der Waals surface area (Å²) < 4.78 is 13.4. The van der Waals surface area contributed by atoms with Gasteiger partial charge in [-0.1, -0.05) is 29.8 Å². The number of likely N-dealkylation sites (tertiary alicyclic amines) is 2. The summed E-state index contributed by atoms with van der Waals surface area (Å²) in [6.07, 6.45) is 1.49. The van der Waals surface area contributed by atoms with Crippen LogP contribution in [-0.4, -0.2) is 47.3 Å². The number of nitrogens with one attached hydrogen (secondary N) is 1. The van der Waals surface area contributed by atoms with E-state index in [1.165, 1.54) is 12.1 Å². The number of carbonyl (C=O) groups is 2. The summed E-state index contributed by atoms with van der Waals surface area (Å²) in [5.74, 6) is -0.458. The van der Waals surface area contributed by atoms with Gasteiger partial charge in [-0.15, -0.1) is 0 Å². The molecular formula is C25H30FN3O2. The maximum atomic E-state index is 13.8. The number of benzene rings is 2. The van der Waals surface area contributed by atoms with Crippen LogP contribution in [0.15, 0.2) is 36.4 Å². The smallest absolute Gasteiger partial charge is 0.250 e. The molecule has 6 heteroatoms. The topological polar surface area (TPSA) is 52.7 Å². The highest BCUT2D eigenvalue weighted by Gasteiger charge is 2.55. The molecule has 2 amide bonds. The number of β-lactam (4-membered cyclic amide) rings is 1. The number of aryl methyl sites for hydroxylation is 3. The number of anilines is 1. The average molecular weight is 424 g/mol. The molecule has 2 aliphatic heterocycles. The lowest BCUT2D eigenvalue weighted by Gasteiger charge is -2.55. The largest absolute Gasteiger partial charge is 0.324 e. The molecule has 5 nitrogen and oxygen atoms in total. The van der Waals surface area contributed by atoms with Crippen LogP contribution in [0.25, 0.3) is 0 Å². The third-order valence-electron chi connectivity index (χ3n) is 6.82. The number of carbonyl (C=O) groups excluding carboxylic acids is 2. The van der Waals surface area contributed by atoms with Gasteiger partial charge in [0.25, 0.3) is 0 Å². The molecule has 0 aromatic heterocycles. The normalized spacial score (nSPS) is 21.0. The van der Waals surface area contributed by atoms with Gasteiger partial charge in [-0.25, -0.2) is 4.39 Å². The highest BCUT2D eigenvalue weighted by molar-refractivity contribution is 6.03. The molecule has 2 aromatic rings. The number of hydrogen-bond donors (Lipinski definition) is 1. The van der Waals surface area contributed by atoms with Crippen molar-refractivity contribution in [1.82, 2.24) is 9.80 Å². The zero-order chi connectivity index (χ0) is 22.3. The first kappa shape index (κ1) is 21.5. The standard InChI is InChI=1S/C25H30FN3O2/c1-16-13-17(2)23(18(3)14-16)27-24(31)25(9-11-28(4)12-10-25)29-21(15-22(29)30)19-5-7-20(26)8-6-19/h5-8,13-14,21H,9-12,15H2,1-4H3,(H,27,31). The number of rotatable bonds is 4. The Morgan fingerprint density at radius 2 is 1.65 bits per heavy atom. The molecule has 0 radical (unpaired) electrons. The van der Waals surface area contributed by atoms with Crippen LogP contribution in [0, 0.1) is 26.6 Å². The van der Waals surface area contributed by atoms with E-state index in [1.807, 2.05) is 27.8 Å². The molecule has 4 rings (SSSR count). The predicted molar refractivity (Wildman–Crippen MR) is 119 cm³/mol. The quantitative estimate of drug-likeness (QED) is 0.753. The van der Waals surface area contributed by atoms with Gasteiger partial charge in [-0.05, 0) is 69.5 Å². The van der Waals surface area contributed by atoms with E-state index in [9.17, 15) is 14.0 Å². The third-order valence-corrected chi connectivity index (χ3v) is 6.82. The summed E-state index contributed by atoms with van der Waals surface area (Å²) in [5, 5.41) is 3.17. The second-order valence-corrected chi connectivity index (χ2v) is 9.10. The minimum atomic E-state index is -0.912. The first-order chi connectivity index (χ1) is 14.7. The SMILES string of the molecule is Cc1cc(C)c(NC(=O)C2(N3C(=O)CC3c3ccc(F)cc3)CCN(C)CC2)c(C)c1. The number of halogens is 1. The molecule has 0 saturated carbocycles. The molecule has 1 atom stereocenters. The summed E-state index contributed by atoms with van der Waals surface area (Å²) in [7, 11) is 2.03. The van der Waals surface area contributed by atoms with Crippen molar-refractivity contribution < 1.29 is 14.0 Å². The van der Waals surface area contributed by atoms with Gasteiger partial charge in [-0.3, -0.25) is 9.59 Å². The van der Waals surface area contributed by atoms with Crippen molar-refractivity contribution in [3.63, 3.8) is 0 Å². The summed E-state index contributed by atoms with van der Waals surface area (Å²) in [4.78, 5) is 30.6. The Kier molecular flexibility index (Phi) is 5.60. The summed E-state index contributed by atoms with van der Waals surface area (Å²) in [5.41, 5.74) is 3.95. The lowest BCUT2D eigenvalue weighted by molar-refractivity contribution is -0.167. The molecule has 2 saturated heterocycles. The van der Waals surface area contributed by atoms with Crippen molar-refractivity contribution in [3.05, 3.63) is 64.5 Å². The minimum absolute atomic E-state index is 0.0219. The molecule has 2 fully saturated rings. The molecule has 1 unspecified atom stereocenters. The summed E-state index contributed by atoms with van der Waals surface area (Å²) in [6.45, 7) is 7.49. The Morgan fingerprint density at radius 1 is 1.06 bits per heavy atom. The van der Waals surface area contributed by atoms with Gasteiger partial charge in [0, 0.05) is 18.8 Å². The maximum absolute atomic E-state index is 13.8. The van der Waals surface area contributed by atoms with Crippen LogP contribution in [-0.2, 0) is 9.59 Å².